The summed E-state index contributed by atoms with van der Waals surface area (Å²) in [5.74, 6) is 0. The van der Waals surface area contributed by atoms with Crippen LogP contribution in [0.15, 0.2) is 22.7 Å². The first-order valence-corrected chi connectivity index (χ1v) is 5.08. The number of aliphatic hydroxyl groups is 1. The largest absolute Gasteiger partial charge is 0.388 e. The van der Waals surface area contributed by atoms with Crippen LogP contribution in [-0.2, 0) is 0 Å². The van der Waals surface area contributed by atoms with E-state index in [1.54, 1.807) is 0 Å². The molecule has 3 N–H and O–H groups in total. The standard InChI is InChI=1S/C10H14BrNO/c1-7-2-3-9(11)8(6-7)10(13)4-5-12/h2-3,6,10,13H,4-5,12H2,1H3/t10-/m1/s1. The number of benzene rings is 1. The molecule has 0 aliphatic rings. The molecule has 0 fully saturated rings. The lowest BCUT2D eigenvalue weighted by molar-refractivity contribution is 0.169. The molecule has 0 aromatic heterocycles. The number of rotatable bonds is 3. The Morgan fingerprint density at radius 1 is 1.54 bits per heavy atom. The summed E-state index contributed by atoms with van der Waals surface area (Å²) in [6, 6.07) is 5.93. The highest BCUT2D eigenvalue weighted by Crippen LogP contribution is 2.26. The van der Waals surface area contributed by atoms with Gasteiger partial charge >= 0.3 is 0 Å². The number of nitrogens with two attached hydrogens (primary N) is 1. The maximum Gasteiger partial charge on any atom is 0.0813 e. The molecule has 0 spiro atoms. The van der Waals surface area contributed by atoms with E-state index in [1.165, 1.54) is 0 Å². The number of hydrogen-bond donors (Lipinski definition) is 2. The van der Waals surface area contributed by atoms with Crippen LogP contribution in [0.3, 0.4) is 0 Å². The van der Waals surface area contributed by atoms with E-state index >= 15 is 0 Å². The third-order valence-electron chi connectivity index (χ3n) is 1.95. The van der Waals surface area contributed by atoms with Crippen LogP contribution in [-0.4, -0.2) is 11.7 Å². The van der Waals surface area contributed by atoms with Gasteiger partial charge in [0.05, 0.1) is 6.10 Å². The average molecular weight is 244 g/mol. The number of aliphatic hydroxyl groups excluding tert-OH is 1. The highest BCUT2D eigenvalue weighted by atomic mass is 79.9. The van der Waals surface area contributed by atoms with E-state index < -0.39 is 6.10 Å². The van der Waals surface area contributed by atoms with Crippen molar-refractivity contribution in [3.8, 4) is 0 Å². The molecular formula is C10H14BrNO. The number of halogens is 1. The zero-order valence-corrected chi connectivity index (χ0v) is 9.21. The van der Waals surface area contributed by atoms with Gasteiger partial charge in [-0.05, 0) is 31.5 Å². The summed E-state index contributed by atoms with van der Waals surface area (Å²) in [5, 5.41) is 9.72. The Hall–Kier alpha value is -0.380. The van der Waals surface area contributed by atoms with Gasteiger partial charge < -0.3 is 10.8 Å². The quantitative estimate of drug-likeness (QED) is 0.855. The Labute approximate surface area is 86.9 Å². The SMILES string of the molecule is Cc1ccc(Br)c([C@H](O)CCN)c1. The Morgan fingerprint density at radius 3 is 2.85 bits per heavy atom. The average Bonchev–Trinajstić information content (AvgIpc) is 2.09. The van der Waals surface area contributed by atoms with Gasteiger partial charge in [-0.1, -0.05) is 33.6 Å². The molecule has 1 rings (SSSR count). The fraction of sp³-hybridized carbons (Fsp3) is 0.400. The minimum Gasteiger partial charge on any atom is -0.388 e. The monoisotopic (exact) mass is 243 g/mol. The van der Waals surface area contributed by atoms with Crippen molar-refractivity contribution in [2.24, 2.45) is 5.73 Å². The van der Waals surface area contributed by atoms with E-state index in [9.17, 15) is 5.11 Å². The molecule has 0 heterocycles. The van der Waals surface area contributed by atoms with Gasteiger partial charge in [-0.2, -0.15) is 0 Å². The molecule has 13 heavy (non-hydrogen) atoms. The van der Waals surface area contributed by atoms with Gasteiger partial charge in [-0.15, -0.1) is 0 Å². The lowest BCUT2D eigenvalue weighted by atomic mass is 10.0. The minimum atomic E-state index is -0.459. The first-order chi connectivity index (χ1) is 6.15. The fourth-order valence-electron chi connectivity index (χ4n) is 1.23. The molecular weight excluding hydrogens is 230 g/mol. The predicted octanol–water partition coefficient (Wildman–Crippen LogP) is 2.14. The van der Waals surface area contributed by atoms with Crippen LogP contribution in [0.5, 0.6) is 0 Å². The molecule has 0 radical (unpaired) electrons. The predicted molar refractivity (Wildman–Crippen MR) is 57.5 cm³/mol. The zero-order valence-electron chi connectivity index (χ0n) is 7.63. The van der Waals surface area contributed by atoms with Crippen LogP contribution < -0.4 is 5.73 Å². The van der Waals surface area contributed by atoms with E-state index in [0.29, 0.717) is 13.0 Å². The van der Waals surface area contributed by atoms with Crippen molar-refractivity contribution in [3.05, 3.63) is 33.8 Å². The first-order valence-electron chi connectivity index (χ1n) is 4.29. The zero-order chi connectivity index (χ0) is 9.84. The third kappa shape index (κ3) is 2.79. The second-order valence-corrected chi connectivity index (χ2v) is 3.97. The van der Waals surface area contributed by atoms with Crippen molar-refractivity contribution in [3.63, 3.8) is 0 Å². The molecule has 0 aliphatic heterocycles. The lowest BCUT2D eigenvalue weighted by Crippen LogP contribution is -2.07. The molecule has 0 saturated heterocycles. The minimum absolute atomic E-state index is 0.459. The van der Waals surface area contributed by atoms with Crippen LogP contribution in [0, 0.1) is 6.92 Å². The Kier molecular flexibility index (Phi) is 3.90. The van der Waals surface area contributed by atoms with E-state index in [-0.39, 0.29) is 0 Å². The molecule has 3 heteroatoms. The molecule has 1 aromatic rings. The number of hydrogen-bond acceptors (Lipinski definition) is 2. The first kappa shape index (κ1) is 10.7. The summed E-state index contributed by atoms with van der Waals surface area (Å²) in [7, 11) is 0. The summed E-state index contributed by atoms with van der Waals surface area (Å²) in [6.07, 6.45) is 0.140. The number of aryl methyl sites for hydroxylation is 1. The fourth-order valence-corrected chi connectivity index (χ4v) is 1.74. The lowest BCUT2D eigenvalue weighted by Gasteiger charge is -2.12. The van der Waals surface area contributed by atoms with Gasteiger partial charge in [0.1, 0.15) is 0 Å². The molecule has 1 atom stereocenters. The summed E-state index contributed by atoms with van der Waals surface area (Å²) in [6.45, 7) is 2.51. The highest BCUT2D eigenvalue weighted by Gasteiger charge is 2.09. The van der Waals surface area contributed by atoms with Gasteiger partial charge in [0.2, 0.25) is 0 Å². The van der Waals surface area contributed by atoms with E-state index in [1.807, 2.05) is 25.1 Å². The van der Waals surface area contributed by atoms with Crippen molar-refractivity contribution in [2.75, 3.05) is 6.54 Å². The Morgan fingerprint density at radius 2 is 2.23 bits per heavy atom. The maximum absolute atomic E-state index is 9.72. The van der Waals surface area contributed by atoms with E-state index in [2.05, 4.69) is 15.9 Å². The van der Waals surface area contributed by atoms with Gasteiger partial charge in [0, 0.05) is 4.47 Å². The van der Waals surface area contributed by atoms with Crippen molar-refractivity contribution in [1.82, 2.24) is 0 Å². The molecule has 0 bridgehead atoms. The van der Waals surface area contributed by atoms with Gasteiger partial charge in [0.15, 0.2) is 0 Å². The molecule has 0 aliphatic carbocycles. The van der Waals surface area contributed by atoms with Crippen molar-refractivity contribution in [2.45, 2.75) is 19.4 Å². The second kappa shape index (κ2) is 4.74. The molecule has 2 nitrogen and oxygen atoms in total. The topological polar surface area (TPSA) is 46.2 Å². The van der Waals surface area contributed by atoms with Gasteiger partial charge in [-0.3, -0.25) is 0 Å². The molecule has 0 amide bonds. The van der Waals surface area contributed by atoms with Crippen molar-refractivity contribution < 1.29 is 5.11 Å². The van der Waals surface area contributed by atoms with Crippen LogP contribution in [0.2, 0.25) is 0 Å². The van der Waals surface area contributed by atoms with Gasteiger partial charge in [0.25, 0.3) is 0 Å². The smallest absolute Gasteiger partial charge is 0.0813 e. The second-order valence-electron chi connectivity index (χ2n) is 3.12. The Bertz CT molecular complexity index is 288. The maximum atomic E-state index is 9.72. The van der Waals surface area contributed by atoms with E-state index in [0.717, 1.165) is 15.6 Å². The Balaban J connectivity index is 2.91. The molecule has 0 unspecified atom stereocenters. The van der Waals surface area contributed by atoms with Crippen LogP contribution in [0.1, 0.15) is 23.7 Å². The van der Waals surface area contributed by atoms with E-state index in [4.69, 9.17) is 5.73 Å². The highest BCUT2D eigenvalue weighted by molar-refractivity contribution is 9.10. The summed E-state index contributed by atoms with van der Waals surface area (Å²) in [5.41, 5.74) is 7.45. The molecule has 0 saturated carbocycles. The van der Waals surface area contributed by atoms with Crippen LogP contribution in [0.4, 0.5) is 0 Å². The summed E-state index contributed by atoms with van der Waals surface area (Å²) in [4.78, 5) is 0. The van der Waals surface area contributed by atoms with Crippen molar-refractivity contribution >= 4 is 15.9 Å². The summed E-state index contributed by atoms with van der Waals surface area (Å²) >= 11 is 3.40. The van der Waals surface area contributed by atoms with Crippen molar-refractivity contribution in [1.29, 1.82) is 0 Å². The normalized spacial score (nSPS) is 12.9. The molecule has 1 aromatic carbocycles. The van der Waals surface area contributed by atoms with Crippen LogP contribution in [0.25, 0.3) is 0 Å². The van der Waals surface area contributed by atoms with Gasteiger partial charge in [-0.25, -0.2) is 0 Å². The third-order valence-corrected chi connectivity index (χ3v) is 2.67. The van der Waals surface area contributed by atoms with Crippen LogP contribution >= 0.6 is 15.9 Å². The molecule has 72 valence electrons. The summed E-state index contributed by atoms with van der Waals surface area (Å²) < 4.78 is 0.944.